The van der Waals surface area contributed by atoms with E-state index in [0.717, 1.165) is 6.42 Å². The maximum absolute atomic E-state index is 12.5. The molecule has 0 saturated heterocycles. The van der Waals surface area contributed by atoms with E-state index in [4.69, 9.17) is 11.6 Å². The highest BCUT2D eigenvalue weighted by atomic mass is 35.5. The molecule has 3 aromatic rings. The maximum Gasteiger partial charge on any atom is 0.279 e. The summed E-state index contributed by atoms with van der Waals surface area (Å²) >= 11 is 5.98. The summed E-state index contributed by atoms with van der Waals surface area (Å²) in [4.78, 5) is 27.7. The highest BCUT2D eigenvalue weighted by Gasteiger charge is 2.26. The van der Waals surface area contributed by atoms with Gasteiger partial charge in [0.05, 0.1) is 16.4 Å². The minimum atomic E-state index is -0.790. The van der Waals surface area contributed by atoms with Gasteiger partial charge in [0, 0.05) is 29.3 Å². The van der Waals surface area contributed by atoms with Crippen molar-refractivity contribution in [3.05, 3.63) is 74.9 Å². The van der Waals surface area contributed by atoms with E-state index >= 15 is 0 Å². The molecule has 0 radical (unpaired) electrons. The van der Waals surface area contributed by atoms with Crippen LogP contribution in [0, 0.1) is 10.1 Å². The number of carbonyl (C=O) groups is 1. The zero-order valence-electron chi connectivity index (χ0n) is 15.8. The number of amides is 1. The lowest BCUT2D eigenvalue weighted by atomic mass is 9.95. The molecule has 1 aromatic heterocycles. The standard InChI is InChI=1S/C21H20ClN3O4/c1-2-3-6-18(26)24-19(13-7-9-14(22)10-8-13)16-12-17(25(28)29)15-5-4-11-23-20(15)21(16)27/h4-5,7-12,19,27H,2-3,6H2,1H3,(H,24,26)/t19-/m0/s1. The van der Waals surface area contributed by atoms with Gasteiger partial charge < -0.3 is 10.4 Å². The first-order valence-corrected chi connectivity index (χ1v) is 9.60. The number of nitrogens with zero attached hydrogens (tertiary/aromatic N) is 2. The van der Waals surface area contributed by atoms with Crippen LogP contribution in [0.15, 0.2) is 48.7 Å². The topological polar surface area (TPSA) is 105 Å². The largest absolute Gasteiger partial charge is 0.505 e. The van der Waals surface area contributed by atoms with Gasteiger partial charge in [0.2, 0.25) is 5.91 Å². The highest BCUT2D eigenvalue weighted by molar-refractivity contribution is 6.30. The van der Waals surface area contributed by atoms with Gasteiger partial charge in [-0.3, -0.25) is 19.9 Å². The summed E-state index contributed by atoms with van der Waals surface area (Å²) < 4.78 is 0. The molecular formula is C21H20ClN3O4. The number of halogens is 1. The minimum absolute atomic E-state index is 0.110. The van der Waals surface area contributed by atoms with Crippen LogP contribution in [0.1, 0.15) is 43.4 Å². The van der Waals surface area contributed by atoms with E-state index in [2.05, 4.69) is 10.3 Å². The molecule has 1 atom stereocenters. The maximum atomic E-state index is 12.5. The molecule has 0 aliphatic carbocycles. The zero-order chi connectivity index (χ0) is 21.0. The summed E-state index contributed by atoms with van der Waals surface area (Å²) in [6.45, 7) is 1.98. The summed E-state index contributed by atoms with van der Waals surface area (Å²) in [6, 6.07) is 10.3. The Morgan fingerprint density at radius 3 is 2.69 bits per heavy atom. The number of aromatic nitrogens is 1. The van der Waals surface area contributed by atoms with E-state index < -0.39 is 11.0 Å². The van der Waals surface area contributed by atoms with Crippen molar-refractivity contribution in [3.63, 3.8) is 0 Å². The molecule has 2 aromatic carbocycles. The van der Waals surface area contributed by atoms with Crippen LogP contribution in [0.2, 0.25) is 5.02 Å². The molecule has 0 bridgehead atoms. The predicted octanol–water partition coefficient (Wildman–Crippen LogP) is 4.90. The van der Waals surface area contributed by atoms with Gasteiger partial charge >= 0.3 is 0 Å². The monoisotopic (exact) mass is 413 g/mol. The van der Waals surface area contributed by atoms with Gasteiger partial charge in [-0.1, -0.05) is 37.1 Å². The van der Waals surface area contributed by atoms with Gasteiger partial charge in [0.1, 0.15) is 11.3 Å². The van der Waals surface area contributed by atoms with Crippen molar-refractivity contribution in [2.45, 2.75) is 32.2 Å². The molecule has 150 valence electrons. The van der Waals surface area contributed by atoms with Crippen molar-refractivity contribution in [1.82, 2.24) is 10.3 Å². The second-order valence-corrected chi connectivity index (χ2v) is 7.08. The van der Waals surface area contributed by atoms with E-state index in [1.807, 2.05) is 6.92 Å². The number of phenolic OH excluding ortho intramolecular Hbond substituents is 1. The number of benzene rings is 2. The Morgan fingerprint density at radius 2 is 2.03 bits per heavy atom. The highest BCUT2D eigenvalue weighted by Crippen LogP contribution is 2.39. The smallest absolute Gasteiger partial charge is 0.279 e. The number of hydrogen-bond acceptors (Lipinski definition) is 5. The first-order chi connectivity index (χ1) is 13.9. The van der Waals surface area contributed by atoms with E-state index in [1.54, 1.807) is 30.3 Å². The fourth-order valence-electron chi connectivity index (χ4n) is 3.17. The number of non-ortho nitro benzene ring substituents is 1. The van der Waals surface area contributed by atoms with Gasteiger partial charge in [0.25, 0.3) is 5.69 Å². The number of nitro groups is 1. The van der Waals surface area contributed by atoms with Crippen LogP contribution in [0.3, 0.4) is 0 Å². The Labute approximate surface area is 172 Å². The van der Waals surface area contributed by atoms with Gasteiger partial charge in [-0.15, -0.1) is 0 Å². The molecule has 2 N–H and O–H groups in total. The third-order valence-corrected chi connectivity index (χ3v) is 4.90. The molecule has 8 heteroatoms. The van der Waals surface area contributed by atoms with Gasteiger partial charge in [-0.05, 0) is 36.2 Å². The summed E-state index contributed by atoms with van der Waals surface area (Å²) in [7, 11) is 0. The molecule has 3 rings (SSSR count). The molecule has 1 heterocycles. The second kappa shape index (κ2) is 8.87. The van der Waals surface area contributed by atoms with E-state index in [9.17, 15) is 20.0 Å². The number of hydrogen-bond donors (Lipinski definition) is 2. The first kappa shape index (κ1) is 20.5. The molecule has 0 aliphatic heterocycles. The molecule has 0 spiro atoms. The van der Waals surface area contributed by atoms with Crippen molar-refractivity contribution >= 4 is 34.1 Å². The quantitative estimate of drug-likeness (QED) is 0.423. The fourth-order valence-corrected chi connectivity index (χ4v) is 3.29. The molecule has 0 aliphatic rings. The lowest BCUT2D eigenvalue weighted by Gasteiger charge is -2.21. The summed E-state index contributed by atoms with van der Waals surface area (Å²) in [6.07, 6.45) is 3.34. The van der Waals surface area contributed by atoms with Gasteiger partial charge in [0.15, 0.2) is 0 Å². The Kier molecular flexibility index (Phi) is 6.29. The van der Waals surface area contributed by atoms with Crippen LogP contribution >= 0.6 is 11.6 Å². The number of nitrogens with one attached hydrogen (secondary N) is 1. The Hall–Kier alpha value is -3.19. The number of rotatable bonds is 7. The Bertz CT molecular complexity index is 1050. The average molecular weight is 414 g/mol. The van der Waals surface area contributed by atoms with Gasteiger partial charge in [-0.2, -0.15) is 0 Å². The first-order valence-electron chi connectivity index (χ1n) is 9.22. The number of unbranched alkanes of at least 4 members (excludes halogenated alkanes) is 1. The molecule has 0 saturated carbocycles. The van der Waals surface area contributed by atoms with Crippen LogP contribution in [-0.2, 0) is 4.79 Å². The molecule has 7 nitrogen and oxygen atoms in total. The summed E-state index contributed by atoms with van der Waals surface area (Å²) in [5.74, 6) is -0.420. The molecule has 29 heavy (non-hydrogen) atoms. The van der Waals surface area contributed by atoms with Crippen LogP contribution in [0.5, 0.6) is 5.75 Å². The van der Waals surface area contributed by atoms with Crippen molar-refractivity contribution in [1.29, 1.82) is 0 Å². The second-order valence-electron chi connectivity index (χ2n) is 6.65. The lowest BCUT2D eigenvalue weighted by Crippen LogP contribution is -2.29. The molecule has 0 unspecified atom stereocenters. The number of nitro benzene ring substituents is 1. The third kappa shape index (κ3) is 4.46. The Balaban J connectivity index is 2.17. The third-order valence-electron chi connectivity index (χ3n) is 4.65. The summed E-state index contributed by atoms with van der Waals surface area (Å²) in [5, 5.41) is 26.1. The fraction of sp³-hybridized carbons (Fsp3) is 0.238. The van der Waals surface area contributed by atoms with E-state index in [1.165, 1.54) is 18.3 Å². The van der Waals surface area contributed by atoms with Gasteiger partial charge in [-0.25, -0.2) is 0 Å². The minimum Gasteiger partial charge on any atom is -0.505 e. The van der Waals surface area contributed by atoms with Crippen LogP contribution in [0.25, 0.3) is 10.9 Å². The predicted molar refractivity (Wildman–Crippen MR) is 111 cm³/mol. The number of aromatic hydroxyl groups is 1. The number of carbonyl (C=O) groups excluding carboxylic acids is 1. The number of phenols is 1. The number of pyridine rings is 1. The van der Waals surface area contributed by atoms with Crippen LogP contribution in [0.4, 0.5) is 5.69 Å². The van der Waals surface area contributed by atoms with Crippen molar-refractivity contribution < 1.29 is 14.8 Å². The Morgan fingerprint density at radius 1 is 1.31 bits per heavy atom. The van der Waals surface area contributed by atoms with E-state index in [-0.39, 0.29) is 33.8 Å². The van der Waals surface area contributed by atoms with E-state index in [0.29, 0.717) is 23.4 Å². The zero-order valence-corrected chi connectivity index (χ0v) is 16.5. The van der Waals surface area contributed by atoms with Crippen molar-refractivity contribution in [2.75, 3.05) is 0 Å². The molecule has 1 amide bonds. The van der Waals surface area contributed by atoms with Crippen LogP contribution < -0.4 is 5.32 Å². The number of fused-ring (bicyclic) bond motifs is 1. The summed E-state index contributed by atoms with van der Waals surface area (Å²) in [5.41, 5.74) is 0.760. The SMILES string of the molecule is CCCCC(=O)N[C@@H](c1ccc(Cl)cc1)c1cc([N+](=O)[O-])c2cccnc2c1O. The average Bonchev–Trinajstić information content (AvgIpc) is 2.72. The van der Waals surface area contributed by atoms with Crippen molar-refractivity contribution in [2.24, 2.45) is 0 Å². The molecular weight excluding hydrogens is 394 g/mol. The lowest BCUT2D eigenvalue weighted by molar-refractivity contribution is -0.383. The van der Waals surface area contributed by atoms with Crippen molar-refractivity contribution in [3.8, 4) is 5.75 Å². The van der Waals surface area contributed by atoms with Crippen LogP contribution in [-0.4, -0.2) is 20.9 Å². The normalized spacial score (nSPS) is 11.9. The molecule has 0 fully saturated rings.